The smallest absolute Gasteiger partial charge is 0.337 e. The maximum Gasteiger partial charge on any atom is 0.337 e. The monoisotopic (exact) mass is 542 g/mol. The molecule has 0 aromatic heterocycles. The van der Waals surface area contributed by atoms with Gasteiger partial charge < -0.3 is 45.6 Å². The molecule has 0 aromatic carbocycles. The van der Waals surface area contributed by atoms with Gasteiger partial charge >= 0.3 is 5.97 Å². The molecular formula is C27H58O10. The molecule has 0 radical (unpaired) electrons. The van der Waals surface area contributed by atoms with Gasteiger partial charge in [-0.2, -0.15) is 0 Å². The van der Waals surface area contributed by atoms with Crippen LogP contribution in [-0.4, -0.2) is 105 Å². The SMILES string of the molecule is CCCCCCCCCCCCCCCCCCOC(=O)C(O)CO.OCC(O)CO.OCC(O)CO. The molecule has 0 saturated heterocycles. The second-order valence-electron chi connectivity index (χ2n) is 9.21. The molecular weight excluding hydrogens is 484 g/mol. The van der Waals surface area contributed by atoms with Crippen LogP contribution in [0, 0.1) is 0 Å². The third-order valence-corrected chi connectivity index (χ3v) is 5.53. The number of carbonyl (C=O) groups excluding carboxylic acids is 1. The van der Waals surface area contributed by atoms with Crippen LogP contribution in [0.1, 0.15) is 110 Å². The molecule has 0 aliphatic carbocycles. The Hall–Kier alpha value is -0.850. The first-order valence-corrected chi connectivity index (χ1v) is 14.1. The number of hydrogen-bond acceptors (Lipinski definition) is 10. The van der Waals surface area contributed by atoms with E-state index in [0.29, 0.717) is 6.61 Å². The van der Waals surface area contributed by atoms with E-state index in [1.165, 1.54) is 89.9 Å². The minimum absolute atomic E-state index is 0.342. The second kappa shape index (κ2) is 35.2. The molecule has 8 N–H and O–H groups in total. The lowest BCUT2D eigenvalue weighted by Gasteiger charge is -2.07. The van der Waals surface area contributed by atoms with Crippen molar-refractivity contribution in [3.8, 4) is 0 Å². The van der Waals surface area contributed by atoms with E-state index in [0.717, 1.165) is 12.8 Å². The molecule has 0 aliphatic rings. The van der Waals surface area contributed by atoms with Crippen molar-refractivity contribution < 1.29 is 50.4 Å². The largest absolute Gasteiger partial charge is 0.464 e. The highest BCUT2D eigenvalue weighted by Crippen LogP contribution is 2.13. The van der Waals surface area contributed by atoms with Crippen LogP contribution < -0.4 is 0 Å². The molecule has 0 bridgehead atoms. The Morgan fingerprint density at radius 3 is 1.05 bits per heavy atom. The van der Waals surface area contributed by atoms with Crippen LogP contribution in [0.4, 0.5) is 0 Å². The van der Waals surface area contributed by atoms with Crippen LogP contribution in [-0.2, 0) is 9.53 Å². The van der Waals surface area contributed by atoms with E-state index in [9.17, 15) is 4.79 Å². The van der Waals surface area contributed by atoms with Gasteiger partial charge in [0.05, 0.1) is 39.6 Å². The summed E-state index contributed by atoms with van der Waals surface area (Å²) in [5.41, 5.74) is 0. The third kappa shape index (κ3) is 37.4. The quantitative estimate of drug-likeness (QED) is 0.0698. The fraction of sp³-hybridized carbons (Fsp3) is 0.963. The van der Waals surface area contributed by atoms with Gasteiger partial charge in [-0.15, -0.1) is 0 Å². The van der Waals surface area contributed by atoms with Crippen molar-refractivity contribution in [1.29, 1.82) is 0 Å². The highest BCUT2D eigenvalue weighted by molar-refractivity contribution is 5.74. The van der Waals surface area contributed by atoms with Crippen molar-refractivity contribution in [1.82, 2.24) is 0 Å². The number of esters is 1. The van der Waals surface area contributed by atoms with E-state index in [1.807, 2.05) is 0 Å². The fourth-order valence-corrected chi connectivity index (χ4v) is 3.11. The van der Waals surface area contributed by atoms with Gasteiger partial charge in [-0.25, -0.2) is 4.79 Å². The van der Waals surface area contributed by atoms with Crippen LogP contribution in [0.25, 0.3) is 0 Å². The molecule has 10 heteroatoms. The summed E-state index contributed by atoms with van der Waals surface area (Å²) in [5, 5.41) is 65.7. The number of aliphatic hydroxyl groups is 8. The van der Waals surface area contributed by atoms with Crippen LogP contribution >= 0.6 is 0 Å². The molecule has 1 atom stereocenters. The van der Waals surface area contributed by atoms with Gasteiger partial charge in [0.25, 0.3) is 0 Å². The minimum Gasteiger partial charge on any atom is -0.464 e. The van der Waals surface area contributed by atoms with E-state index in [2.05, 4.69) is 6.92 Å². The summed E-state index contributed by atoms with van der Waals surface area (Å²) in [4.78, 5) is 11.1. The summed E-state index contributed by atoms with van der Waals surface area (Å²) in [6, 6.07) is 0. The summed E-state index contributed by atoms with van der Waals surface area (Å²) in [6.45, 7) is 0.579. The molecule has 226 valence electrons. The number of aliphatic hydroxyl groups excluding tert-OH is 8. The highest BCUT2D eigenvalue weighted by atomic mass is 16.5. The summed E-state index contributed by atoms with van der Waals surface area (Å²) in [5.74, 6) is -0.719. The van der Waals surface area contributed by atoms with Crippen LogP contribution in [0.2, 0.25) is 0 Å². The first kappa shape index (κ1) is 40.6. The Morgan fingerprint density at radius 1 is 0.514 bits per heavy atom. The van der Waals surface area contributed by atoms with Crippen molar-refractivity contribution in [3.63, 3.8) is 0 Å². The first-order chi connectivity index (χ1) is 17.8. The predicted molar refractivity (Wildman–Crippen MR) is 144 cm³/mol. The lowest BCUT2D eigenvalue weighted by Crippen LogP contribution is -2.26. The van der Waals surface area contributed by atoms with Crippen LogP contribution in [0.5, 0.6) is 0 Å². The highest BCUT2D eigenvalue weighted by Gasteiger charge is 2.14. The van der Waals surface area contributed by atoms with Gasteiger partial charge in [0, 0.05) is 0 Å². The van der Waals surface area contributed by atoms with E-state index >= 15 is 0 Å². The molecule has 0 saturated carbocycles. The first-order valence-electron chi connectivity index (χ1n) is 14.1. The fourth-order valence-electron chi connectivity index (χ4n) is 3.11. The lowest BCUT2D eigenvalue weighted by atomic mass is 10.0. The Balaban J connectivity index is -0.000000790. The zero-order chi connectivity index (χ0) is 28.6. The summed E-state index contributed by atoms with van der Waals surface area (Å²) in [7, 11) is 0. The Morgan fingerprint density at radius 2 is 0.811 bits per heavy atom. The number of ether oxygens (including phenoxy) is 1. The van der Waals surface area contributed by atoms with Gasteiger partial charge in [0.1, 0.15) is 12.2 Å². The molecule has 0 aromatic rings. The van der Waals surface area contributed by atoms with E-state index < -0.39 is 30.9 Å². The van der Waals surface area contributed by atoms with Crippen molar-refractivity contribution in [2.45, 2.75) is 128 Å². The maximum absolute atomic E-state index is 11.1. The molecule has 0 aliphatic heterocycles. The van der Waals surface area contributed by atoms with Crippen molar-refractivity contribution in [3.05, 3.63) is 0 Å². The van der Waals surface area contributed by atoms with Crippen molar-refractivity contribution >= 4 is 5.97 Å². The summed E-state index contributed by atoms with van der Waals surface area (Å²) < 4.78 is 4.86. The number of unbranched alkanes of at least 4 members (excludes halogenated alkanes) is 15. The zero-order valence-electron chi connectivity index (χ0n) is 23.2. The number of hydrogen-bond donors (Lipinski definition) is 8. The number of carbonyl (C=O) groups is 1. The van der Waals surface area contributed by atoms with Crippen molar-refractivity contribution in [2.24, 2.45) is 0 Å². The van der Waals surface area contributed by atoms with E-state index in [-0.39, 0.29) is 26.4 Å². The second-order valence-corrected chi connectivity index (χ2v) is 9.21. The van der Waals surface area contributed by atoms with Gasteiger partial charge in [0.2, 0.25) is 0 Å². The Bertz CT molecular complexity index is 408. The molecule has 0 heterocycles. The molecule has 10 nitrogen and oxygen atoms in total. The van der Waals surface area contributed by atoms with Gasteiger partial charge in [0.15, 0.2) is 6.10 Å². The molecule has 37 heavy (non-hydrogen) atoms. The molecule has 0 fully saturated rings. The topological polar surface area (TPSA) is 188 Å². The molecule has 0 amide bonds. The minimum atomic E-state index is -1.39. The van der Waals surface area contributed by atoms with Gasteiger partial charge in [-0.05, 0) is 6.42 Å². The lowest BCUT2D eigenvalue weighted by molar-refractivity contribution is -0.155. The Kier molecular flexibility index (Phi) is 38.6. The normalized spacial score (nSPS) is 11.5. The third-order valence-electron chi connectivity index (χ3n) is 5.53. The standard InChI is InChI=1S/C21H42O4.2C3H8O3/c1-2-3-4-5-6-7-8-9-10-11-12-13-14-15-16-17-18-25-21(24)20(23)19-22;2*4-1-3(6)2-5/h20,22-23H,2-19H2,1H3;2*3-6H,1-2H2. The average molecular weight is 543 g/mol. The Labute approximate surface area is 224 Å². The van der Waals surface area contributed by atoms with Gasteiger partial charge in [-0.3, -0.25) is 0 Å². The maximum atomic E-state index is 11.1. The summed E-state index contributed by atoms with van der Waals surface area (Å²) >= 11 is 0. The van der Waals surface area contributed by atoms with E-state index in [1.54, 1.807) is 0 Å². The number of rotatable bonds is 23. The average Bonchev–Trinajstić information content (AvgIpc) is 2.93. The van der Waals surface area contributed by atoms with Crippen LogP contribution in [0.3, 0.4) is 0 Å². The van der Waals surface area contributed by atoms with Gasteiger partial charge in [-0.1, -0.05) is 103 Å². The molecule has 1 unspecified atom stereocenters. The molecule has 0 spiro atoms. The predicted octanol–water partition coefficient (Wildman–Crippen LogP) is 1.81. The van der Waals surface area contributed by atoms with E-state index in [4.69, 9.17) is 45.6 Å². The van der Waals surface area contributed by atoms with Crippen molar-refractivity contribution in [2.75, 3.05) is 39.6 Å². The van der Waals surface area contributed by atoms with Crippen LogP contribution in [0.15, 0.2) is 0 Å². The molecule has 0 rings (SSSR count). The zero-order valence-corrected chi connectivity index (χ0v) is 23.2. The summed E-state index contributed by atoms with van der Waals surface area (Å²) in [6.07, 6.45) is 17.7.